The minimum absolute atomic E-state index is 0.0631. The van der Waals surface area contributed by atoms with Crippen molar-refractivity contribution in [3.8, 4) is 0 Å². The SMILES string of the molecule is C=CCn1c(SCC(=O)Nc2ccc(C(N)=O)cc2)nc2sc3c(c2c1=O)CCC(C)C3. The molecule has 7 nitrogen and oxygen atoms in total. The van der Waals surface area contributed by atoms with Gasteiger partial charge in [0.25, 0.3) is 5.56 Å². The number of benzene rings is 1. The van der Waals surface area contributed by atoms with E-state index in [0.29, 0.717) is 28.9 Å². The lowest BCUT2D eigenvalue weighted by molar-refractivity contribution is -0.113. The number of thiophene rings is 1. The van der Waals surface area contributed by atoms with Crippen LogP contribution in [-0.4, -0.2) is 27.1 Å². The van der Waals surface area contributed by atoms with Crippen LogP contribution in [0.3, 0.4) is 0 Å². The molecule has 0 aliphatic heterocycles. The number of aryl methyl sites for hydroxylation is 1. The molecule has 2 amide bonds. The number of fused-ring (bicyclic) bond motifs is 3. The van der Waals surface area contributed by atoms with Crippen molar-refractivity contribution in [2.24, 2.45) is 11.7 Å². The number of thioether (sulfide) groups is 1. The van der Waals surface area contributed by atoms with Crippen molar-refractivity contribution in [3.63, 3.8) is 0 Å². The Balaban J connectivity index is 1.56. The number of carbonyl (C=O) groups is 2. The lowest BCUT2D eigenvalue weighted by Crippen LogP contribution is -2.24. The lowest BCUT2D eigenvalue weighted by atomic mass is 9.89. The fourth-order valence-corrected chi connectivity index (χ4v) is 6.08. The molecule has 0 radical (unpaired) electrons. The van der Waals surface area contributed by atoms with E-state index in [4.69, 9.17) is 10.7 Å². The van der Waals surface area contributed by atoms with Gasteiger partial charge >= 0.3 is 0 Å². The number of nitrogens with one attached hydrogen (secondary N) is 1. The fourth-order valence-electron chi connectivity index (χ4n) is 3.85. The lowest BCUT2D eigenvalue weighted by Gasteiger charge is -2.17. The Hall–Kier alpha value is -2.91. The first-order valence-electron chi connectivity index (χ1n) is 10.4. The van der Waals surface area contributed by atoms with E-state index in [1.165, 1.54) is 16.6 Å². The molecule has 1 atom stereocenters. The molecule has 4 rings (SSSR count). The number of rotatable bonds is 7. The monoisotopic (exact) mass is 468 g/mol. The zero-order chi connectivity index (χ0) is 22.8. The minimum atomic E-state index is -0.523. The summed E-state index contributed by atoms with van der Waals surface area (Å²) >= 11 is 2.82. The fraction of sp³-hybridized carbons (Fsp3) is 0.304. The van der Waals surface area contributed by atoms with E-state index in [2.05, 4.69) is 18.8 Å². The highest BCUT2D eigenvalue weighted by atomic mass is 32.2. The van der Waals surface area contributed by atoms with Crippen molar-refractivity contribution in [3.05, 3.63) is 63.3 Å². The molecule has 1 aliphatic carbocycles. The van der Waals surface area contributed by atoms with Gasteiger partial charge in [-0.3, -0.25) is 19.0 Å². The van der Waals surface area contributed by atoms with Gasteiger partial charge in [-0.05, 0) is 55.0 Å². The first-order chi connectivity index (χ1) is 15.4. The van der Waals surface area contributed by atoms with Gasteiger partial charge in [0, 0.05) is 22.7 Å². The van der Waals surface area contributed by atoms with Gasteiger partial charge in [-0.25, -0.2) is 4.98 Å². The summed E-state index contributed by atoms with van der Waals surface area (Å²) in [5.41, 5.74) is 7.25. The predicted molar refractivity (Wildman–Crippen MR) is 130 cm³/mol. The smallest absolute Gasteiger partial charge is 0.263 e. The van der Waals surface area contributed by atoms with Gasteiger partial charge in [-0.15, -0.1) is 17.9 Å². The molecule has 1 unspecified atom stereocenters. The molecule has 166 valence electrons. The zero-order valence-electron chi connectivity index (χ0n) is 17.7. The highest BCUT2D eigenvalue weighted by Crippen LogP contribution is 2.36. The van der Waals surface area contributed by atoms with Crippen molar-refractivity contribution in [1.82, 2.24) is 9.55 Å². The standard InChI is InChI=1S/C23H24N4O3S2/c1-3-10-27-22(30)19-16-9-4-13(2)11-17(16)32-21(19)26-23(27)31-12-18(28)25-15-7-5-14(6-8-15)20(24)29/h3,5-8,13H,1,4,9-12H2,2H3,(H2,24,29)(H,25,28). The van der Waals surface area contributed by atoms with Crippen LogP contribution in [0.1, 0.15) is 34.1 Å². The minimum Gasteiger partial charge on any atom is -0.366 e. The Morgan fingerprint density at radius 1 is 1.38 bits per heavy atom. The average Bonchev–Trinajstić information content (AvgIpc) is 3.12. The van der Waals surface area contributed by atoms with Gasteiger partial charge in [0.2, 0.25) is 11.8 Å². The van der Waals surface area contributed by atoms with E-state index in [1.807, 2.05) is 0 Å². The number of amides is 2. The highest BCUT2D eigenvalue weighted by molar-refractivity contribution is 7.99. The van der Waals surface area contributed by atoms with Crippen molar-refractivity contribution < 1.29 is 9.59 Å². The van der Waals surface area contributed by atoms with Crippen LogP contribution in [0.25, 0.3) is 10.2 Å². The molecule has 3 N–H and O–H groups in total. The topological polar surface area (TPSA) is 107 Å². The molecule has 1 aromatic carbocycles. The van der Waals surface area contributed by atoms with Crippen LogP contribution in [-0.2, 0) is 24.2 Å². The number of nitrogens with two attached hydrogens (primary N) is 1. The predicted octanol–water partition coefficient (Wildman–Crippen LogP) is 3.60. The van der Waals surface area contributed by atoms with E-state index in [0.717, 1.165) is 35.0 Å². The number of primary amides is 1. The van der Waals surface area contributed by atoms with Crippen molar-refractivity contribution in [2.75, 3.05) is 11.1 Å². The van der Waals surface area contributed by atoms with Gasteiger partial charge < -0.3 is 11.1 Å². The number of hydrogen-bond donors (Lipinski definition) is 2. The van der Waals surface area contributed by atoms with Gasteiger partial charge in [0.15, 0.2) is 5.16 Å². The highest BCUT2D eigenvalue weighted by Gasteiger charge is 2.24. The molecule has 2 heterocycles. The van der Waals surface area contributed by atoms with Crippen molar-refractivity contribution in [1.29, 1.82) is 0 Å². The third-order valence-corrected chi connectivity index (χ3v) is 7.60. The van der Waals surface area contributed by atoms with Gasteiger partial charge in [0.1, 0.15) is 4.83 Å². The van der Waals surface area contributed by atoms with E-state index in [1.54, 1.807) is 46.2 Å². The Kier molecular flexibility index (Phi) is 6.48. The van der Waals surface area contributed by atoms with Crippen LogP contribution in [0, 0.1) is 5.92 Å². The molecule has 0 spiro atoms. The van der Waals surface area contributed by atoms with Crippen LogP contribution >= 0.6 is 23.1 Å². The maximum Gasteiger partial charge on any atom is 0.263 e. The molecule has 2 aromatic heterocycles. The molecule has 0 saturated heterocycles. The second-order valence-electron chi connectivity index (χ2n) is 7.91. The summed E-state index contributed by atoms with van der Waals surface area (Å²) in [6.45, 7) is 6.34. The molecular weight excluding hydrogens is 444 g/mol. The van der Waals surface area contributed by atoms with Crippen LogP contribution in [0.15, 0.2) is 46.9 Å². The van der Waals surface area contributed by atoms with Gasteiger partial charge in [0.05, 0.1) is 11.1 Å². The molecule has 0 bridgehead atoms. The number of anilines is 1. The molecule has 0 fully saturated rings. The van der Waals surface area contributed by atoms with Crippen molar-refractivity contribution >= 4 is 50.8 Å². The summed E-state index contributed by atoms with van der Waals surface area (Å²) in [5.74, 6) is -0.0552. The number of carbonyl (C=O) groups excluding carboxylic acids is 2. The second-order valence-corrected chi connectivity index (χ2v) is 9.94. The summed E-state index contributed by atoms with van der Waals surface area (Å²) < 4.78 is 1.60. The zero-order valence-corrected chi connectivity index (χ0v) is 19.4. The first kappa shape index (κ1) is 22.3. The quantitative estimate of drug-likeness (QED) is 0.313. The summed E-state index contributed by atoms with van der Waals surface area (Å²) in [5, 5.41) is 4.01. The Labute approximate surface area is 193 Å². The third kappa shape index (κ3) is 4.49. The Bertz CT molecular complexity index is 1260. The second kappa shape index (κ2) is 9.30. The summed E-state index contributed by atoms with van der Waals surface area (Å²) in [4.78, 5) is 43.7. The van der Waals surface area contributed by atoms with Crippen LogP contribution in [0.5, 0.6) is 0 Å². The van der Waals surface area contributed by atoms with Crippen LogP contribution < -0.4 is 16.6 Å². The molecule has 32 heavy (non-hydrogen) atoms. The normalized spacial score (nSPS) is 15.3. The number of nitrogens with zero attached hydrogens (tertiary/aromatic N) is 2. The number of hydrogen-bond acceptors (Lipinski definition) is 6. The van der Waals surface area contributed by atoms with Crippen LogP contribution in [0.2, 0.25) is 0 Å². The number of aromatic nitrogens is 2. The molecule has 1 aliphatic rings. The largest absolute Gasteiger partial charge is 0.366 e. The van der Waals surface area contributed by atoms with Gasteiger partial charge in [-0.2, -0.15) is 0 Å². The van der Waals surface area contributed by atoms with Crippen LogP contribution in [0.4, 0.5) is 5.69 Å². The Morgan fingerprint density at radius 2 is 2.12 bits per heavy atom. The number of allylic oxidation sites excluding steroid dienone is 1. The van der Waals surface area contributed by atoms with E-state index in [-0.39, 0.29) is 17.2 Å². The van der Waals surface area contributed by atoms with E-state index < -0.39 is 5.91 Å². The summed E-state index contributed by atoms with van der Waals surface area (Å²) in [6.07, 6.45) is 4.64. The molecule has 0 saturated carbocycles. The van der Waals surface area contributed by atoms with Gasteiger partial charge in [-0.1, -0.05) is 24.8 Å². The third-order valence-electron chi connectivity index (χ3n) is 5.48. The maximum atomic E-state index is 13.3. The average molecular weight is 469 g/mol. The first-order valence-corrected chi connectivity index (χ1v) is 12.2. The van der Waals surface area contributed by atoms with E-state index >= 15 is 0 Å². The Morgan fingerprint density at radius 3 is 2.81 bits per heavy atom. The maximum absolute atomic E-state index is 13.3. The summed E-state index contributed by atoms with van der Waals surface area (Å²) in [6, 6.07) is 6.36. The molecule has 9 heteroatoms. The van der Waals surface area contributed by atoms with Crippen molar-refractivity contribution in [2.45, 2.75) is 37.9 Å². The molecular formula is C23H24N4O3S2. The summed E-state index contributed by atoms with van der Waals surface area (Å²) in [7, 11) is 0. The van der Waals surface area contributed by atoms with E-state index in [9.17, 15) is 14.4 Å². The molecule has 3 aromatic rings.